The van der Waals surface area contributed by atoms with Crippen LogP contribution in [-0.4, -0.2) is 43.2 Å². The number of hydrogen-bond donors (Lipinski definition) is 1. The molecule has 0 aromatic heterocycles. The van der Waals surface area contributed by atoms with Gasteiger partial charge in [0.15, 0.2) is 0 Å². The fourth-order valence-corrected chi connectivity index (χ4v) is 2.15. The van der Waals surface area contributed by atoms with Crippen molar-refractivity contribution in [3.8, 4) is 5.75 Å². The van der Waals surface area contributed by atoms with Gasteiger partial charge in [0, 0.05) is 32.1 Å². The summed E-state index contributed by atoms with van der Waals surface area (Å²) in [6.07, 6.45) is -0.303. The zero-order valence-electron chi connectivity index (χ0n) is 15.4. The Morgan fingerprint density at radius 2 is 1.92 bits per heavy atom. The first-order valence-electron chi connectivity index (χ1n) is 7.96. The van der Waals surface area contributed by atoms with Crippen molar-refractivity contribution in [1.29, 1.82) is 0 Å². The molecular weight excluding hydrogens is 308 g/mol. The lowest BCUT2D eigenvalue weighted by atomic mass is 10.1. The van der Waals surface area contributed by atoms with Crippen LogP contribution in [0.5, 0.6) is 5.75 Å². The van der Waals surface area contributed by atoms with Crippen molar-refractivity contribution < 1.29 is 19.1 Å². The van der Waals surface area contributed by atoms with E-state index in [4.69, 9.17) is 9.47 Å². The fraction of sp³-hybridized carbons (Fsp3) is 0.556. The first-order valence-corrected chi connectivity index (χ1v) is 7.96. The van der Waals surface area contributed by atoms with E-state index < -0.39 is 11.7 Å². The molecule has 0 saturated heterocycles. The molecule has 0 atom stereocenters. The van der Waals surface area contributed by atoms with Crippen LogP contribution in [0, 0.1) is 6.92 Å². The van der Waals surface area contributed by atoms with Gasteiger partial charge in [-0.05, 0) is 33.8 Å². The van der Waals surface area contributed by atoms with Crippen LogP contribution in [0.3, 0.4) is 0 Å². The van der Waals surface area contributed by atoms with E-state index in [0.29, 0.717) is 6.54 Å². The van der Waals surface area contributed by atoms with Crippen LogP contribution in [0.1, 0.15) is 38.3 Å². The van der Waals surface area contributed by atoms with E-state index in [1.54, 1.807) is 39.8 Å². The van der Waals surface area contributed by atoms with Crippen LogP contribution in [0.4, 0.5) is 4.79 Å². The van der Waals surface area contributed by atoms with Gasteiger partial charge in [0.1, 0.15) is 11.4 Å². The quantitative estimate of drug-likeness (QED) is 0.867. The normalized spacial score (nSPS) is 10.9. The van der Waals surface area contributed by atoms with Gasteiger partial charge in [-0.25, -0.2) is 4.79 Å². The molecule has 0 saturated carbocycles. The number of ether oxygens (including phenoxy) is 2. The molecule has 0 aliphatic heterocycles. The second kappa shape index (κ2) is 8.57. The van der Waals surface area contributed by atoms with Crippen LogP contribution < -0.4 is 10.1 Å². The van der Waals surface area contributed by atoms with Gasteiger partial charge in [0.2, 0.25) is 5.91 Å². The number of carbonyl (C=O) groups excluding carboxylic acids is 2. The maximum Gasteiger partial charge on any atom is 0.407 e. The molecule has 6 nitrogen and oxygen atoms in total. The summed E-state index contributed by atoms with van der Waals surface area (Å²) in [6, 6.07) is 5.86. The highest BCUT2D eigenvalue weighted by atomic mass is 16.6. The number of methoxy groups -OCH3 is 1. The standard InChI is InChI=1S/C18H28N2O4/c1-13-7-8-15(23-6)14(11-13)12-20(5)16(21)9-10-19-17(22)24-18(2,3)4/h7-8,11H,9-10,12H2,1-6H3,(H,19,22). The number of rotatable bonds is 6. The maximum atomic E-state index is 12.2. The third-order valence-corrected chi connectivity index (χ3v) is 3.28. The number of benzene rings is 1. The lowest BCUT2D eigenvalue weighted by molar-refractivity contribution is -0.130. The molecule has 1 aromatic carbocycles. The van der Waals surface area contributed by atoms with Gasteiger partial charge in [0.05, 0.1) is 7.11 Å². The highest BCUT2D eigenvalue weighted by Gasteiger charge is 2.17. The van der Waals surface area contributed by atoms with E-state index in [1.165, 1.54) is 0 Å². The average molecular weight is 336 g/mol. The van der Waals surface area contributed by atoms with Gasteiger partial charge in [-0.15, -0.1) is 0 Å². The van der Waals surface area contributed by atoms with Gasteiger partial charge < -0.3 is 19.7 Å². The SMILES string of the molecule is COc1ccc(C)cc1CN(C)C(=O)CCNC(=O)OC(C)(C)C. The molecule has 0 bridgehead atoms. The van der Waals surface area contributed by atoms with Crippen LogP contribution in [0.25, 0.3) is 0 Å². The Morgan fingerprint density at radius 3 is 2.50 bits per heavy atom. The average Bonchev–Trinajstić information content (AvgIpc) is 2.45. The predicted molar refractivity (Wildman–Crippen MR) is 93.1 cm³/mol. The van der Waals surface area contributed by atoms with Crippen LogP contribution >= 0.6 is 0 Å². The Bertz CT molecular complexity index is 579. The molecule has 1 N–H and O–H groups in total. The molecular formula is C18H28N2O4. The third kappa shape index (κ3) is 6.89. The van der Waals surface area contributed by atoms with Crippen molar-refractivity contribution in [2.24, 2.45) is 0 Å². The molecule has 0 unspecified atom stereocenters. The highest BCUT2D eigenvalue weighted by molar-refractivity contribution is 5.77. The molecule has 0 radical (unpaired) electrons. The van der Waals surface area contributed by atoms with Crippen molar-refractivity contribution in [2.75, 3.05) is 20.7 Å². The van der Waals surface area contributed by atoms with Gasteiger partial charge in [-0.2, -0.15) is 0 Å². The van der Waals surface area contributed by atoms with Crippen molar-refractivity contribution >= 4 is 12.0 Å². The molecule has 24 heavy (non-hydrogen) atoms. The summed E-state index contributed by atoms with van der Waals surface area (Å²) in [5.41, 5.74) is 1.51. The Labute approximate surface area is 144 Å². The molecule has 0 fully saturated rings. The summed E-state index contributed by atoms with van der Waals surface area (Å²) in [6.45, 7) is 8.07. The summed E-state index contributed by atoms with van der Waals surface area (Å²) in [5.74, 6) is 0.696. The topological polar surface area (TPSA) is 67.9 Å². The highest BCUT2D eigenvalue weighted by Crippen LogP contribution is 2.21. The monoisotopic (exact) mass is 336 g/mol. The Hall–Kier alpha value is -2.24. The Kier molecular flexibility index (Phi) is 7.07. The lowest BCUT2D eigenvalue weighted by Gasteiger charge is -2.21. The van der Waals surface area contributed by atoms with Gasteiger partial charge >= 0.3 is 6.09 Å². The van der Waals surface area contributed by atoms with Crippen molar-refractivity contribution in [3.63, 3.8) is 0 Å². The van der Waals surface area contributed by atoms with Crippen molar-refractivity contribution in [2.45, 2.75) is 46.3 Å². The van der Waals surface area contributed by atoms with E-state index in [0.717, 1.165) is 16.9 Å². The van der Waals surface area contributed by atoms with Crippen molar-refractivity contribution in [3.05, 3.63) is 29.3 Å². The molecule has 0 aliphatic carbocycles. The zero-order chi connectivity index (χ0) is 18.3. The Morgan fingerprint density at radius 1 is 1.25 bits per heavy atom. The first-order chi connectivity index (χ1) is 11.1. The number of carbonyl (C=O) groups is 2. The molecule has 6 heteroatoms. The third-order valence-electron chi connectivity index (χ3n) is 3.28. The summed E-state index contributed by atoms with van der Waals surface area (Å²) in [7, 11) is 3.35. The number of hydrogen-bond acceptors (Lipinski definition) is 4. The van der Waals surface area contributed by atoms with Gasteiger partial charge in [-0.1, -0.05) is 17.7 Å². The molecule has 0 spiro atoms. The van der Waals surface area contributed by atoms with E-state index >= 15 is 0 Å². The lowest BCUT2D eigenvalue weighted by Crippen LogP contribution is -2.35. The largest absolute Gasteiger partial charge is 0.496 e. The predicted octanol–water partition coefficient (Wildman–Crippen LogP) is 2.88. The first kappa shape index (κ1) is 19.8. The second-order valence-corrected chi connectivity index (χ2v) is 6.74. The van der Waals surface area contributed by atoms with Crippen LogP contribution in [-0.2, 0) is 16.1 Å². The number of nitrogens with zero attached hydrogens (tertiary/aromatic N) is 1. The number of nitrogens with one attached hydrogen (secondary N) is 1. The summed E-state index contributed by atoms with van der Waals surface area (Å²) < 4.78 is 10.5. The second-order valence-electron chi connectivity index (χ2n) is 6.74. The number of amides is 2. The smallest absolute Gasteiger partial charge is 0.407 e. The molecule has 2 amide bonds. The van der Waals surface area contributed by atoms with E-state index in [1.807, 2.05) is 25.1 Å². The van der Waals surface area contributed by atoms with E-state index in [9.17, 15) is 9.59 Å². The minimum Gasteiger partial charge on any atom is -0.496 e. The Balaban J connectivity index is 2.48. The molecule has 1 aromatic rings. The van der Waals surface area contributed by atoms with Gasteiger partial charge in [0.25, 0.3) is 0 Å². The zero-order valence-corrected chi connectivity index (χ0v) is 15.4. The molecule has 0 heterocycles. The van der Waals surface area contributed by atoms with Crippen molar-refractivity contribution in [1.82, 2.24) is 10.2 Å². The summed E-state index contributed by atoms with van der Waals surface area (Å²) in [5, 5.41) is 2.59. The van der Waals surface area contributed by atoms with E-state index in [2.05, 4.69) is 5.32 Å². The molecule has 0 aliphatic rings. The fourth-order valence-electron chi connectivity index (χ4n) is 2.15. The molecule has 1 rings (SSSR count). The number of alkyl carbamates (subject to hydrolysis) is 1. The molecule has 134 valence electrons. The minimum atomic E-state index is -0.549. The maximum absolute atomic E-state index is 12.2. The summed E-state index contributed by atoms with van der Waals surface area (Å²) >= 11 is 0. The minimum absolute atomic E-state index is 0.0605. The van der Waals surface area contributed by atoms with Gasteiger partial charge in [-0.3, -0.25) is 4.79 Å². The van der Waals surface area contributed by atoms with E-state index in [-0.39, 0.29) is 18.9 Å². The van der Waals surface area contributed by atoms with Crippen LogP contribution in [0.15, 0.2) is 18.2 Å². The summed E-state index contributed by atoms with van der Waals surface area (Å²) in [4.78, 5) is 25.4. The number of aryl methyl sites for hydroxylation is 1. The van der Waals surface area contributed by atoms with Crippen LogP contribution in [0.2, 0.25) is 0 Å².